The molecule has 0 spiro atoms. The van der Waals surface area contributed by atoms with Crippen molar-refractivity contribution in [2.75, 3.05) is 121 Å². The zero-order chi connectivity index (χ0) is 81.3. The standard InChI is InChI=1S/C83H105ClF3N11O12S4/c1-55(57-18-20-59(21-19-57)76-56(2)88-54-112-76)78(102)90-73-45-65(99)50-98(73)80(104)77(81(3,4)5)91-74(100)16-12-7-8-13-17-75(101)96-37-34-94(35-38-96)53-82(6)32-30-68(58-22-25-62(84)26-23-58)61(47-82)48-95-36-39-97-64(49-95)51-110-71-44-60(24-29-70(71)97)79(103)92-114(107,108)67-27-28-69(72(46-67)113(105,106)83(85,86)87)89-63(31-33-93-40-42-109-43-41-93)52-111-66-14-10-9-11-15-66/h9-11,14-15,18-29,44,46,54-55,63-65,73,77,89,99H,7-8,12-13,16-17,30-43,45,47-53H2,1-6H3,(H,90,102)(H,91,100)(H,92,103)/t55-,63+,64?,65+,73-,77+,82+/m0/s1. The number of nitrogens with one attached hydrogen (secondary N) is 4. The van der Waals surface area contributed by atoms with Gasteiger partial charge in [-0.25, -0.2) is 26.5 Å². The van der Waals surface area contributed by atoms with E-state index < -0.39 is 82.4 Å². The van der Waals surface area contributed by atoms with Gasteiger partial charge in [-0.3, -0.25) is 38.7 Å². The fourth-order valence-electron chi connectivity index (χ4n) is 16.2. The number of hydrogen-bond donors (Lipinski definition) is 5. The summed E-state index contributed by atoms with van der Waals surface area (Å²) in [6.45, 7) is 21.3. The third-order valence-corrected chi connectivity index (χ3v) is 28.0. The largest absolute Gasteiger partial charge is 0.501 e. The van der Waals surface area contributed by atoms with E-state index >= 15 is 0 Å². The van der Waals surface area contributed by atoms with Crippen LogP contribution in [0.4, 0.5) is 24.5 Å². The Morgan fingerprint density at radius 3 is 2.20 bits per heavy atom. The van der Waals surface area contributed by atoms with Gasteiger partial charge >= 0.3 is 5.51 Å². The molecule has 5 aromatic carbocycles. The Morgan fingerprint density at radius 1 is 0.807 bits per heavy atom. The van der Waals surface area contributed by atoms with Gasteiger partial charge in [0, 0.05) is 132 Å². The minimum absolute atomic E-state index is 0.0255. The summed E-state index contributed by atoms with van der Waals surface area (Å²) < 4.78 is 112. The van der Waals surface area contributed by atoms with Crippen molar-refractivity contribution in [2.24, 2.45) is 10.8 Å². The third-order valence-electron chi connectivity index (χ3n) is 22.7. The summed E-state index contributed by atoms with van der Waals surface area (Å²) in [6.07, 6.45) is 5.10. The minimum Gasteiger partial charge on any atom is -0.489 e. The van der Waals surface area contributed by atoms with Gasteiger partial charge in [-0.1, -0.05) is 112 Å². The van der Waals surface area contributed by atoms with Gasteiger partial charge in [-0.05, 0) is 146 Å². The number of halogens is 4. The Hall–Kier alpha value is -7.65. The molecule has 0 saturated carbocycles. The molecule has 1 unspecified atom stereocenters. The quantitative estimate of drug-likeness (QED) is 0.0207. The summed E-state index contributed by atoms with van der Waals surface area (Å²) >= 11 is 9.41. The number of hydrogen-bond acceptors (Lipinski definition) is 20. The number of aromatic nitrogens is 1. The predicted molar refractivity (Wildman–Crippen MR) is 438 cm³/mol. The number of aliphatic hydroxyl groups excluding tert-OH is 1. The number of carbonyl (C=O) groups excluding carboxylic acids is 5. The number of sulfonamides is 1. The number of aryl methyl sites for hydroxylation is 1. The number of rotatable bonds is 30. The summed E-state index contributed by atoms with van der Waals surface area (Å²) in [5.41, 5.74) is 2.02. The van der Waals surface area contributed by atoms with E-state index in [4.69, 9.17) is 21.1 Å². The van der Waals surface area contributed by atoms with E-state index in [1.807, 2.05) is 111 Å². The van der Waals surface area contributed by atoms with E-state index in [1.165, 1.54) is 39.9 Å². The van der Waals surface area contributed by atoms with Crippen LogP contribution in [0, 0.1) is 17.8 Å². The van der Waals surface area contributed by atoms with Crippen molar-refractivity contribution in [1.82, 2.24) is 44.8 Å². The third kappa shape index (κ3) is 21.6. The lowest BCUT2D eigenvalue weighted by Gasteiger charge is -2.47. The first-order chi connectivity index (χ1) is 54.3. The number of thioether (sulfide) groups is 1. The molecular formula is C83H105ClF3N11O12S4. The Kier molecular flexibility index (Phi) is 28.1. The first kappa shape index (κ1) is 85.7. The highest BCUT2D eigenvalue weighted by Crippen LogP contribution is 2.46. The first-order valence-electron chi connectivity index (χ1n) is 39.4. The molecule has 0 radical (unpaired) electrons. The average molecular weight is 1670 g/mol. The number of thiazole rings is 1. The van der Waals surface area contributed by atoms with E-state index in [-0.39, 0.29) is 66.6 Å². The summed E-state index contributed by atoms with van der Waals surface area (Å²) in [5, 5.41) is 20.5. The van der Waals surface area contributed by atoms with Gasteiger partial charge in [-0.15, -0.1) is 23.1 Å². The monoisotopic (exact) mass is 1670 g/mol. The number of sulfone groups is 1. The van der Waals surface area contributed by atoms with E-state index in [9.17, 15) is 59.1 Å². The van der Waals surface area contributed by atoms with Crippen molar-refractivity contribution in [3.63, 3.8) is 0 Å². The Balaban J connectivity index is 0.596. The number of morpholine rings is 1. The second kappa shape index (κ2) is 37.3. The van der Waals surface area contributed by atoms with E-state index in [0.717, 1.165) is 103 Å². The molecule has 616 valence electrons. The molecule has 4 saturated heterocycles. The van der Waals surface area contributed by atoms with Crippen molar-refractivity contribution in [1.29, 1.82) is 0 Å². The molecular weight excluding hydrogens is 1560 g/mol. The predicted octanol–water partition coefficient (Wildman–Crippen LogP) is 11.9. The molecule has 12 rings (SSSR count). The van der Waals surface area contributed by atoms with Crippen LogP contribution in [0.15, 0.2) is 141 Å². The molecule has 6 heterocycles. The summed E-state index contributed by atoms with van der Waals surface area (Å²) in [5.74, 6) is -1.73. The van der Waals surface area contributed by atoms with Crippen molar-refractivity contribution in [2.45, 2.75) is 169 Å². The van der Waals surface area contributed by atoms with Crippen molar-refractivity contribution >= 4 is 101 Å². The maximum Gasteiger partial charge on any atom is 0.501 e. The number of unbranched alkanes of at least 4 members (excludes halogenated alkanes) is 3. The Labute approximate surface area is 680 Å². The Bertz CT molecular complexity index is 4660. The molecule has 6 aromatic rings. The number of piperazine rings is 2. The second-order valence-electron chi connectivity index (χ2n) is 32.4. The maximum atomic E-state index is 14.5. The number of ether oxygens (including phenoxy) is 2. The van der Waals surface area contributed by atoms with Gasteiger partial charge in [0.05, 0.1) is 63.6 Å². The number of likely N-dealkylation sites (tertiary alicyclic amines) is 1. The lowest BCUT2D eigenvalue weighted by Crippen LogP contribution is -2.58. The number of anilines is 2. The van der Waals surface area contributed by atoms with Crippen LogP contribution in [0.1, 0.15) is 138 Å². The number of fused-ring (bicyclic) bond motifs is 3. The van der Waals surface area contributed by atoms with Crippen molar-refractivity contribution in [3.8, 4) is 16.2 Å². The average Bonchev–Trinajstić information content (AvgIpc) is 1.00. The van der Waals surface area contributed by atoms with Crippen LogP contribution in [0.3, 0.4) is 0 Å². The lowest BCUT2D eigenvalue weighted by atomic mass is 9.71. The lowest BCUT2D eigenvalue weighted by molar-refractivity contribution is -0.141. The minimum atomic E-state index is -6.13. The van der Waals surface area contributed by atoms with Gasteiger partial charge < -0.3 is 45.2 Å². The topological polar surface area (TPSA) is 273 Å². The van der Waals surface area contributed by atoms with Crippen molar-refractivity contribution in [3.05, 3.63) is 154 Å². The summed E-state index contributed by atoms with van der Waals surface area (Å²) in [7, 11) is -11.1. The van der Waals surface area contributed by atoms with Crippen LogP contribution in [0.5, 0.6) is 5.75 Å². The smallest absolute Gasteiger partial charge is 0.489 e. The number of carbonyl (C=O) groups is 5. The molecule has 0 bridgehead atoms. The van der Waals surface area contributed by atoms with Crippen LogP contribution in [-0.4, -0.2) is 228 Å². The molecule has 4 fully saturated rings. The highest BCUT2D eigenvalue weighted by Gasteiger charge is 2.49. The van der Waals surface area contributed by atoms with E-state index in [0.29, 0.717) is 120 Å². The normalized spacial score (nSPS) is 20.9. The fourth-order valence-corrected chi connectivity index (χ4v) is 20.2. The zero-order valence-corrected chi connectivity index (χ0v) is 69.5. The van der Waals surface area contributed by atoms with Gasteiger partial charge in [0.2, 0.25) is 23.6 Å². The first-order valence-corrected chi connectivity index (χ1v) is 44.6. The molecule has 31 heteroatoms. The molecule has 5 N–H and O–H groups in total. The van der Waals surface area contributed by atoms with Crippen LogP contribution in [0.2, 0.25) is 5.02 Å². The number of amides is 5. The van der Waals surface area contributed by atoms with E-state index in [2.05, 4.69) is 59.6 Å². The van der Waals surface area contributed by atoms with Crippen molar-refractivity contribution < 1.29 is 68.6 Å². The molecule has 1 aliphatic carbocycles. The SMILES string of the molecule is Cc1ncsc1-c1ccc([C@H](C)C(=O)N[C@@H]2C[C@@H](O)CN2C(=O)[C@@H](NC(=O)CCCCCCC(=O)N2CCN(C[C@]3(C)CCC(c4ccc(Cl)cc4)=C(CN4CCN5c6ccc(C(=O)NS(=O)(=O)c7ccc(N[C@H](CCN8CCOCC8)CSc8ccccc8)c(S(=O)(=O)C(F)(F)F)c7)cc6OCC5C4)C3)CC2)C(C)(C)C)cc1. The van der Waals surface area contributed by atoms with Gasteiger partial charge in [-0.2, -0.15) is 13.2 Å². The molecule has 5 amide bonds. The molecule has 6 aliphatic rings. The van der Waals surface area contributed by atoms with Gasteiger partial charge in [0.1, 0.15) is 29.5 Å². The van der Waals surface area contributed by atoms with Crippen LogP contribution >= 0.6 is 34.7 Å². The maximum absolute atomic E-state index is 14.5. The molecule has 1 aromatic heterocycles. The van der Waals surface area contributed by atoms with Crippen LogP contribution < -0.4 is 30.3 Å². The number of β-amino-alcohol motifs (C(OH)–C–C–N with tert-alkyl or cyclic N) is 1. The number of nitrogens with zero attached hydrogens (tertiary/aromatic N) is 7. The highest BCUT2D eigenvalue weighted by atomic mass is 35.5. The highest BCUT2D eigenvalue weighted by molar-refractivity contribution is 7.99. The number of alkyl halides is 3. The molecule has 23 nitrogen and oxygen atoms in total. The summed E-state index contributed by atoms with van der Waals surface area (Å²) in [6, 6.07) is 30.6. The van der Waals surface area contributed by atoms with Crippen LogP contribution in [0.25, 0.3) is 16.0 Å². The molecule has 7 atom stereocenters. The molecule has 5 aliphatic heterocycles. The summed E-state index contributed by atoms with van der Waals surface area (Å²) in [4.78, 5) is 85.9. The second-order valence-corrected chi connectivity index (χ2v) is 38.3. The fraction of sp³-hybridized carbons (Fsp3) is 0.518. The van der Waals surface area contributed by atoms with E-state index in [1.54, 1.807) is 22.9 Å². The van der Waals surface area contributed by atoms with Gasteiger partial charge in [0.25, 0.3) is 25.8 Å². The molecule has 114 heavy (non-hydrogen) atoms. The van der Waals surface area contributed by atoms with Gasteiger partial charge in [0.15, 0.2) is 0 Å². The van der Waals surface area contributed by atoms with Crippen LogP contribution in [-0.2, 0) is 43.8 Å². The number of allylic oxidation sites excluding steroid dienone is 1. The number of benzene rings is 5. The Morgan fingerprint density at radius 2 is 1.51 bits per heavy atom. The number of aliphatic hydroxyl groups is 1. The zero-order valence-electron chi connectivity index (χ0n) is 65.5.